The summed E-state index contributed by atoms with van der Waals surface area (Å²) >= 11 is 7.63. The van der Waals surface area contributed by atoms with Crippen LogP contribution in [-0.4, -0.2) is 56.7 Å². The van der Waals surface area contributed by atoms with Crippen LogP contribution in [0.2, 0.25) is 5.02 Å². The maximum atomic E-state index is 13.4. The molecule has 0 saturated carbocycles. The lowest BCUT2D eigenvalue weighted by molar-refractivity contribution is 0.0740. The third-order valence-electron chi connectivity index (χ3n) is 5.77. The molecule has 0 atom stereocenters. The molecule has 8 nitrogen and oxygen atoms in total. The van der Waals surface area contributed by atoms with Gasteiger partial charge in [0.25, 0.3) is 5.91 Å². The van der Waals surface area contributed by atoms with Crippen molar-refractivity contribution in [3.63, 3.8) is 0 Å². The number of carbonyl (C=O) groups is 1. The molecule has 0 radical (unpaired) electrons. The first-order chi connectivity index (χ1) is 16.7. The number of thiazole rings is 1. The minimum absolute atomic E-state index is 0.105. The Kier molecular flexibility index (Phi) is 5.27. The standard InChI is InChI=1S/C24H19ClN6O2S/c25-16-5-7-17(8-6-16)31-20(21-4-2-14-33-21)15-19(28-31)23(32)29-10-12-30(13-11-29)24-27-18-3-1-9-26-22(18)34-24/h1-9,14-15H,10-13H2. The molecule has 5 heterocycles. The van der Waals surface area contributed by atoms with E-state index in [1.165, 1.54) is 0 Å². The molecule has 0 spiro atoms. The number of amides is 1. The van der Waals surface area contributed by atoms with Crippen molar-refractivity contribution in [3.8, 4) is 17.1 Å². The second-order valence-electron chi connectivity index (χ2n) is 7.88. The van der Waals surface area contributed by atoms with E-state index in [4.69, 9.17) is 21.0 Å². The zero-order valence-corrected chi connectivity index (χ0v) is 19.5. The van der Waals surface area contributed by atoms with Gasteiger partial charge in [0.05, 0.1) is 12.0 Å². The molecular weight excluding hydrogens is 472 g/mol. The van der Waals surface area contributed by atoms with Gasteiger partial charge < -0.3 is 14.2 Å². The van der Waals surface area contributed by atoms with E-state index in [-0.39, 0.29) is 5.91 Å². The van der Waals surface area contributed by atoms with Crippen LogP contribution in [0.1, 0.15) is 10.5 Å². The summed E-state index contributed by atoms with van der Waals surface area (Å²) < 4.78 is 7.32. The van der Waals surface area contributed by atoms with Crippen LogP contribution in [0.25, 0.3) is 27.5 Å². The highest BCUT2D eigenvalue weighted by Gasteiger charge is 2.27. The van der Waals surface area contributed by atoms with Gasteiger partial charge in [0.1, 0.15) is 16.0 Å². The first kappa shape index (κ1) is 20.9. The van der Waals surface area contributed by atoms with Gasteiger partial charge in [-0.1, -0.05) is 22.9 Å². The normalized spacial score (nSPS) is 14.1. The third-order valence-corrected chi connectivity index (χ3v) is 7.06. The molecule has 34 heavy (non-hydrogen) atoms. The van der Waals surface area contributed by atoms with Crippen LogP contribution in [0.4, 0.5) is 5.13 Å². The number of hydrogen-bond donors (Lipinski definition) is 0. The van der Waals surface area contributed by atoms with Gasteiger partial charge in [-0.2, -0.15) is 5.10 Å². The van der Waals surface area contributed by atoms with Crippen molar-refractivity contribution in [3.05, 3.63) is 77.8 Å². The quantitative estimate of drug-likeness (QED) is 0.361. The Morgan fingerprint density at radius 1 is 1.03 bits per heavy atom. The molecule has 1 saturated heterocycles. The topological polar surface area (TPSA) is 80.3 Å². The molecule has 0 bridgehead atoms. The first-order valence-electron chi connectivity index (χ1n) is 10.8. The minimum Gasteiger partial charge on any atom is -0.463 e. The monoisotopic (exact) mass is 490 g/mol. The fraction of sp³-hybridized carbons (Fsp3) is 0.167. The number of halogens is 1. The Morgan fingerprint density at radius 2 is 1.85 bits per heavy atom. The number of nitrogens with zero attached hydrogens (tertiary/aromatic N) is 6. The molecule has 170 valence electrons. The third kappa shape index (κ3) is 3.82. The number of carbonyl (C=O) groups excluding carboxylic acids is 1. The Hall–Kier alpha value is -3.69. The zero-order chi connectivity index (χ0) is 23.1. The van der Waals surface area contributed by atoms with Crippen molar-refractivity contribution in [2.45, 2.75) is 0 Å². The van der Waals surface area contributed by atoms with E-state index in [1.54, 1.807) is 46.7 Å². The summed E-state index contributed by atoms with van der Waals surface area (Å²) in [7, 11) is 0. The van der Waals surface area contributed by atoms with E-state index in [0.29, 0.717) is 48.3 Å². The van der Waals surface area contributed by atoms with Gasteiger partial charge in [-0.05, 0) is 48.5 Å². The van der Waals surface area contributed by atoms with E-state index in [1.807, 2.05) is 41.3 Å². The number of pyridine rings is 1. The molecule has 1 aromatic carbocycles. The van der Waals surface area contributed by atoms with Crippen LogP contribution in [0.3, 0.4) is 0 Å². The Morgan fingerprint density at radius 3 is 2.59 bits per heavy atom. The smallest absolute Gasteiger partial charge is 0.274 e. The van der Waals surface area contributed by atoms with Crippen molar-refractivity contribution < 1.29 is 9.21 Å². The summed E-state index contributed by atoms with van der Waals surface area (Å²) in [5.74, 6) is 0.530. The van der Waals surface area contributed by atoms with Gasteiger partial charge in [-0.25, -0.2) is 14.6 Å². The fourth-order valence-electron chi connectivity index (χ4n) is 4.02. The Bertz CT molecular complexity index is 1420. The molecule has 1 fully saturated rings. The molecule has 1 aliphatic heterocycles. The summed E-state index contributed by atoms with van der Waals surface area (Å²) in [6.45, 7) is 2.58. The maximum Gasteiger partial charge on any atom is 0.274 e. The van der Waals surface area contributed by atoms with Gasteiger partial charge in [-0.3, -0.25) is 4.79 Å². The van der Waals surface area contributed by atoms with E-state index < -0.39 is 0 Å². The number of hydrogen-bond acceptors (Lipinski definition) is 7. The minimum atomic E-state index is -0.105. The molecular formula is C24H19ClN6O2S. The molecule has 0 N–H and O–H groups in total. The maximum absolute atomic E-state index is 13.4. The lowest BCUT2D eigenvalue weighted by Gasteiger charge is -2.34. The highest BCUT2D eigenvalue weighted by atomic mass is 35.5. The molecule has 10 heteroatoms. The number of benzene rings is 1. The predicted molar refractivity (Wildman–Crippen MR) is 132 cm³/mol. The zero-order valence-electron chi connectivity index (χ0n) is 18.0. The summed E-state index contributed by atoms with van der Waals surface area (Å²) in [6.07, 6.45) is 3.38. The van der Waals surface area contributed by atoms with Crippen LogP contribution in [0, 0.1) is 0 Å². The number of anilines is 1. The highest BCUT2D eigenvalue weighted by Crippen LogP contribution is 2.29. The van der Waals surface area contributed by atoms with Crippen LogP contribution in [0.5, 0.6) is 0 Å². The van der Waals surface area contributed by atoms with E-state index in [9.17, 15) is 4.79 Å². The van der Waals surface area contributed by atoms with Gasteiger partial charge in [0, 0.05) is 43.5 Å². The first-order valence-corrected chi connectivity index (χ1v) is 12.0. The average Bonchev–Trinajstić information content (AvgIpc) is 3.63. The van der Waals surface area contributed by atoms with Gasteiger partial charge in [0.15, 0.2) is 16.6 Å². The fourth-order valence-corrected chi connectivity index (χ4v) is 5.11. The summed E-state index contributed by atoms with van der Waals surface area (Å²) in [5, 5.41) is 6.21. The number of furan rings is 1. The molecule has 1 aliphatic rings. The SMILES string of the molecule is O=C(c1cc(-c2ccco2)n(-c2ccc(Cl)cc2)n1)N1CCN(c2nc3cccnc3s2)CC1. The van der Waals surface area contributed by atoms with E-state index in [0.717, 1.165) is 21.2 Å². The summed E-state index contributed by atoms with van der Waals surface area (Å²) in [5.41, 5.74) is 2.78. The van der Waals surface area contributed by atoms with Crippen molar-refractivity contribution >= 4 is 44.3 Å². The van der Waals surface area contributed by atoms with Crippen molar-refractivity contribution in [1.29, 1.82) is 0 Å². The van der Waals surface area contributed by atoms with Crippen molar-refractivity contribution in [2.75, 3.05) is 31.1 Å². The van der Waals surface area contributed by atoms with Gasteiger partial charge >= 0.3 is 0 Å². The summed E-state index contributed by atoms with van der Waals surface area (Å²) in [6, 6.07) is 16.6. The second kappa shape index (κ2) is 8.58. The summed E-state index contributed by atoms with van der Waals surface area (Å²) in [4.78, 5) is 27.4. The molecule has 6 rings (SSSR count). The molecule has 4 aromatic heterocycles. The number of rotatable bonds is 4. The lowest BCUT2D eigenvalue weighted by atomic mass is 10.2. The Labute approximate surface area is 204 Å². The van der Waals surface area contributed by atoms with Gasteiger partial charge in [-0.15, -0.1) is 0 Å². The van der Waals surface area contributed by atoms with Crippen LogP contribution in [-0.2, 0) is 0 Å². The van der Waals surface area contributed by atoms with Gasteiger partial charge in [0.2, 0.25) is 0 Å². The van der Waals surface area contributed by atoms with Crippen molar-refractivity contribution in [2.24, 2.45) is 0 Å². The average molecular weight is 491 g/mol. The number of fused-ring (bicyclic) bond motifs is 1. The second-order valence-corrected chi connectivity index (χ2v) is 9.28. The van der Waals surface area contributed by atoms with Crippen LogP contribution in [0.15, 0.2) is 71.5 Å². The largest absolute Gasteiger partial charge is 0.463 e. The number of aromatic nitrogens is 4. The molecule has 5 aromatic rings. The lowest BCUT2D eigenvalue weighted by Crippen LogP contribution is -2.48. The van der Waals surface area contributed by atoms with E-state index >= 15 is 0 Å². The molecule has 0 aliphatic carbocycles. The molecule has 0 unspecified atom stereocenters. The Balaban J connectivity index is 1.23. The molecule has 1 amide bonds. The van der Waals surface area contributed by atoms with Crippen molar-refractivity contribution in [1.82, 2.24) is 24.6 Å². The number of piperazine rings is 1. The van der Waals surface area contributed by atoms with Crippen LogP contribution < -0.4 is 4.90 Å². The van der Waals surface area contributed by atoms with Crippen LogP contribution >= 0.6 is 22.9 Å². The van der Waals surface area contributed by atoms with E-state index in [2.05, 4.69) is 15.0 Å². The highest BCUT2D eigenvalue weighted by molar-refractivity contribution is 7.21. The predicted octanol–water partition coefficient (Wildman–Crippen LogP) is 4.75.